The zero-order valence-electron chi connectivity index (χ0n) is 7.06. The molecule has 1 aliphatic rings. The number of nitrogens with two attached hydrogens (primary N) is 1. The summed E-state index contributed by atoms with van der Waals surface area (Å²) in [7, 11) is 0. The van der Waals surface area contributed by atoms with Crippen molar-refractivity contribution in [1.29, 1.82) is 0 Å². The Bertz CT molecular complexity index is 120. The summed E-state index contributed by atoms with van der Waals surface area (Å²) in [6, 6.07) is 0. The second-order valence-corrected chi connectivity index (χ2v) is 3.38. The van der Waals surface area contributed by atoms with Crippen molar-refractivity contribution >= 4 is 12.4 Å². The Kier molecular flexibility index (Phi) is 5.02. The van der Waals surface area contributed by atoms with Gasteiger partial charge in [0.2, 0.25) is 5.92 Å². The first-order chi connectivity index (χ1) is 5.14. The van der Waals surface area contributed by atoms with Crippen LogP contribution in [0.1, 0.15) is 32.1 Å². The standard InChI is InChI=1S/C8H15F2N.ClH/c9-8(10)4-1-7(2-5-8)3-6-11;/h7H,1-6,11H2;1H. The molecule has 1 fully saturated rings. The molecule has 1 rings (SSSR count). The van der Waals surface area contributed by atoms with E-state index in [1.807, 2.05) is 0 Å². The van der Waals surface area contributed by atoms with E-state index in [1.54, 1.807) is 0 Å². The molecule has 74 valence electrons. The van der Waals surface area contributed by atoms with Gasteiger partial charge in [-0.05, 0) is 31.7 Å². The molecule has 1 aliphatic carbocycles. The van der Waals surface area contributed by atoms with E-state index in [2.05, 4.69) is 0 Å². The maximum absolute atomic E-state index is 12.6. The minimum absolute atomic E-state index is 0. The molecule has 0 spiro atoms. The third kappa shape index (κ3) is 3.68. The molecule has 0 saturated heterocycles. The zero-order chi connectivity index (χ0) is 8.32. The van der Waals surface area contributed by atoms with Gasteiger partial charge in [0.15, 0.2) is 0 Å². The van der Waals surface area contributed by atoms with Gasteiger partial charge in [0.1, 0.15) is 0 Å². The van der Waals surface area contributed by atoms with Crippen molar-refractivity contribution in [1.82, 2.24) is 0 Å². The van der Waals surface area contributed by atoms with Gasteiger partial charge >= 0.3 is 0 Å². The summed E-state index contributed by atoms with van der Waals surface area (Å²) in [5, 5.41) is 0. The predicted octanol–water partition coefficient (Wildman–Crippen LogP) is 2.58. The van der Waals surface area contributed by atoms with Gasteiger partial charge in [-0.15, -0.1) is 12.4 Å². The van der Waals surface area contributed by atoms with Gasteiger partial charge in [-0.25, -0.2) is 8.78 Å². The Balaban J connectivity index is 0.00000121. The van der Waals surface area contributed by atoms with Crippen LogP contribution in [0.3, 0.4) is 0 Å². The number of halogens is 3. The van der Waals surface area contributed by atoms with Crippen LogP contribution in [0.5, 0.6) is 0 Å². The summed E-state index contributed by atoms with van der Waals surface area (Å²) in [4.78, 5) is 0. The van der Waals surface area contributed by atoms with Crippen LogP contribution in [0.2, 0.25) is 0 Å². The van der Waals surface area contributed by atoms with E-state index in [9.17, 15) is 8.78 Å². The highest BCUT2D eigenvalue weighted by atomic mass is 35.5. The highest BCUT2D eigenvalue weighted by Crippen LogP contribution is 2.36. The van der Waals surface area contributed by atoms with Crippen LogP contribution < -0.4 is 5.73 Å². The SMILES string of the molecule is Cl.NCCC1CCC(F)(F)CC1. The molecule has 0 heterocycles. The van der Waals surface area contributed by atoms with Crippen LogP contribution in [0.25, 0.3) is 0 Å². The number of alkyl halides is 2. The molecule has 0 aromatic rings. The monoisotopic (exact) mass is 199 g/mol. The van der Waals surface area contributed by atoms with Crippen molar-refractivity contribution < 1.29 is 8.78 Å². The van der Waals surface area contributed by atoms with Gasteiger partial charge in [0.25, 0.3) is 0 Å². The Labute approximate surface area is 78.1 Å². The van der Waals surface area contributed by atoms with Gasteiger partial charge in [0, 0.05) is 12.8 Å². The quantitative estimate of drug-likeness (QED) is 0.727. The van der Waals surface area contributed by atoms with Crippen LogP contribution >= 0.6 is 12.4 Å². The summed E-state index contributed by atoms with van der Waals surface area (Å²) in [5.41, 5.74) is 5.34. The van der Waals surface area contributed by atoms with Crippen molar-refractivity contribution in [3.8, 4) is 0 Å². The highest BCUT2D eigenvalue weighted by Gasteiger charge is 2.34. The average molecular weight is 200 g/mol. The molecule has 0 atom stereocenters. The summed E-state index contributed by atoms with van der Waals surface area (Å²) in [6.07, 6.45) is 2.36. The molecule has 0 radical (unpaired) electrons. The van der Waals surface area contributed by atoms with Crippen molar-refractivity contribution in [2.45, 2.75) is 38.0 Å². The molecule has 1 saturated carbocycles. The minimum Gasteiger partial charge on any atom is -0.330 e. The number of hydrogen-bond donors (Lipinski definition) is 1. The summed E-state index contributed by atoms with van der Waals surface area (Å²) >= 11 is 0. The molecule has 0 aromatic heterocycles. The molecule has 4 heteroatoms. The van der Waals surface area contributed by atoms with Crippen LogP contribution in [-0.2, 0) is 0 Å². The van der Waals surface area contributed by atoms with Gasteiger partial charge < -0.3 is 5.73 Å². The first-order valence-corrected chi connectivity index (χ1v) is 4.22. The van der Waals surface area contributed by atoms with Crippen LogP contribution in [0, 0.1) is 5.92 Å². The van der Waals surface area contributed by atoms with Crippen molar-refractivity contribution in [2.75, 3.05) is 6.54 Å². The smallest absolute Gasteiger partial charge is 0.248 e. The lowest BCUT2D eigenvalue weighted by molar-refractivity contribution is -0.0462. The molecular formula is C8H16ClF2N. The highest BCUT2D eigenvalue weighted by molar-refractivity contribution is 5.85. The first-order valence-electron chi connectivity index (χ1n) is 4.22. The van der Waals surface area contributed by atoms with Gasteiger partial charge in [-0.3, -0.25) is 0 Å². The Morgan fingerprint density at radius 1 is 1.25 bits per heavy atom. The number of hydrogen-bond acceptors (Lipinski definition) is 1. The number of rotatable bonds is 2. The van der Waals surface area contributed by atoms with Crippen LogP contribution in [0.15, 0.2) is 0 Å². The van der Waals surface area contributed by atoms with Crippen LogP contribution in [-0.4, -0.2) is 12.5 Å². The molecule has 0 unspecified atom stereocenters. The van der Waals surface area contributed by atoms with Crippen LogP contribution in [0.4, 0.5) is 8.78 Å². The summed E-state index contributed by atoms with van der Waals surface area (Å²) < 4.78 is 25.2. The molecule has 0 aromatic carbocycles. The van der Waals surface area contributed by atoms with E-state index in [0.29, 0.717) is 25.3 Å². The average Bonchev–Trinajstić information content (AvgIpc) is 1.94. The van der Waals surface area contributed by atoms with Gasteiger partial charge in [0.05, 0.1) is 0 Å². The van der Waals surface area contributed by atoms with E-state index >= 15 is 0 Å². The largest absolute Gasteiger partial charge is 0.330 e. The van der Waals surface area contributed by atoms with E-state index in [0.717, 1.165) is 6.42 Å². The Hall–Kier alpha value is 0.110. The van der Waals surface area contributed by atoms with Crippen molar-refractivity contribution in [3.05, 3.63) is 0 Å². The molecule has 12 heavy (non-hydrogen) atoms. The third-order valence-corrected chi connectivity index (χ3v) is 2.41. The fourth-order valence-corrected chi connectivity index (χ4v) is 1.62. The molecular weight excluding hydrogens is 184 g/mol. The van der Waals surface area contributed by atoms with E-state index in [-0.39, 0.29) is 25.2 Å². The maximum atomic E-state index is 12.6. The summed E-state index contributed by atoms with van der Waals surface area (Å²) in [5.74, 6) is -1.93. The lowest BCUT2D eigenvalue weighted by Crippen LogP contribution is -2.25. The Morgan fingerprint density at radius 2 is 1.75 bits per heavy atom. The van der Waals surface area contributed by atoms with Crippen molar-refractivity contribution in [2.24, 2.45) is 11.7 Å². The predicted molar refractivity (Wildman–Crippen MR) is 47.8 cm³/mol. The minimum atomic E-state index is -2.38. The van der Waals surface area contributed by atoms with Crippen molar-refractivity contribution in [3.63, 3.8) is 0 Å². The molecule has 0 aliphatic heterocycles. The normalized spacial score (nSPS) is 23.2. The maximum Gasteiger partial charge on any atom is 0.248 e. The molecule has 0 amide bonds. The second kappa shape index (κ2) is 4.97. The first kappa shape index (κ1) is 12.1. The van der Waals surface area contributed by atoms with E-state index in [1.165, 1.54) is 0 Å². The van der Waals surface area contributed by atoms with Gasteiger partial charge in [-0.2, -0.15) is 0 Å². The van der Waals surface area contributed by atoms with Gasteiger partial charge in [-0.1, -0.05) is 0 Å². The fraction of sp³-hybridized carbons (Fsp3) is 1.00. The molecule has 0 bridgehead atoms. The molecule has 1 nitrogen and oxygen atoms in total. The van der Waals surface area contributed by atoms with E-state index < -0.39 is 5.92 Å². The third-order valence-electron chi connectivity index (χ3n) is 2.41. The fourth-order valence-electron chi connectivity index (χ4n) is 1.62. The summed E-state index contributed by atoms with van der Waals surface area (Å²) in [6.45, 7) is 0.635. The topological polar surface area (TPSA) is 26.0 Å². The van der Waals surface area contributed by atoms with E-state index in [4.69, 9.17) is 5.73 Å². The Morgan fingerprint density at radius 3 is 2.17 bits per heavy atom. The zero-order valence-corrected chi connectivity index (χ0v) is 7.88. The molecule has 2 N–H and O–H groups in total. The lowest BCUT2D eigenvalue weighted by atomic mass is 9.85. The lowest BCUT2D eigenvalue weighted by Gasteiger charge is -2.27. The second-order valence-electron chi connectivity index (χ2n) is 3.38.